The van der Waals surface area contributed by atoms with Crippen LogP contribution >= 0.6 is 0 Å². The summed E-state index contributed by atoms with van der Waals surface area (Å²) in [4.78, 5) is 58.0. The normalized spacial score (nSPS) is 14.2. The van der Waals surface area contributed by atoms with E-state index in [4.69, 9.17) is 15.9 Å². The van der Waals surface area contributed by atoms with Crippen LogP contribution in [0.5, 0.6) is 0 Å². The van der Waals surface area contributed by atoms with Crippen molar-refractivity contribution >= 4 is 29.7 Å². The maximum absolute atomic E-state index is 12.2. The summed E-state index contributed by atoms with van der Waals surface area (Å²) in [6.07, 6.45) is -0.749. The summed E-state index contributed by atoms with van der Waals surface area (Å²) in [5, 5.41) is 24.7. The molecule has 154 valence electrons. The van der Waals surface area contributed by atoms with E-state index in [1.807, 2.05) is 0 Å². The molecular formula is C16H28N4O7. The summed E-state index contributed by atoms with van der Waals surface area (Å²) in [6.45, 7) is 6.08. The molecule has 27 heavy (non-hydrogen) atoms. The van der Waals surface area contributed by atoms with Gasteiger partial charge in [-0.3, -0.25) is 19.2 Å². The quantitative estimate of drug-likeness (QED) is 0.241. The molecule has 0 aliphatic rings. The van der Waals surface area contributed by atoms with Gasteiger partial charge in [0.15, 0.2) is 0 Å². The zero-order valence-corrected chi connectivity index (χ0v) is 15.8. The van der Waals surface area contributed by atoms with Gasteiger partial charge in [0.1, 0.15) is 12.1 Å². The second-order valence-corrected chi connectivity index (χ2v) is 6.77. The average Bonchev–Trinajstić information content (AvgIpc) is 2.54. The van der Waals surface area contributed by atoms with E-state index in [2.05, 4.69) is 16.0 Å². The lowest BCUT2D eigenvalue weighted by molar-refractivity contribution is -0.144. The van der Waals surface area contributed by atoms with Gasteiger partial charge in [-0.2, -0.15) is 0 Å². The first-order chi connectivity index (χ1) is 12.4. The highest BCUT2D eigenvalue weighted by Gasteiger charge is 2.30. The van der Waals surface area contributed by atoms with Crippen LogP contribution in [0, 0.1) is 11.8 Å². The number of carboxylic acids is 2. The number of nitrogens with two attached hydrogens (primary N) is 1. The lowest BCUT2D eigenvalue weighted by atomic mass is 10.0. The molecule has 11 heteroatoms. The van der Waals surface area contributed by atoms with E-state index in [-0.39, 0.29) is 5.92 Å². The molecule has 0 fully saturated rings. The van der Waals surface area contributed by atoms with Crippen molar-refractivity contribution in [2.45, 2.75) is 52.2 Å². The van der Waals surface area contributed by atoms with Crippen LogP contribution in [0.15, 0.2) is 0 Å². The minimum absolute atomic E-state index is 0.150. The number of nitrogens with one attached hydrogen (secondary N) is 3. The van der Waals surface area contributed by atoms with Crippen LogP contribution in [0.3, 0.4) is 0 Å². The van der Waals surface area contributed by atoms with E-state index in [9.17, 15) is 24.0 Å². The van der Waals surface area contributed by atoms with Gasteiger partial charge in [0.2, 0.25) is 17.7 Å². The minimum atomic E-state index is -1.49. The average molecular weight is 388 g/mol. The highest BCUT2D eigenvalue weighted by molar-refractivity contribution is 5.94. The Morgan fingerprint density at radius 2 is 1.44 bits per heavy atom. The molecule has 0 aliphatic carbocycles. The molecule has 0 saturated heterocycles. The lowest BCUT2D eigenvalue weighted by Gasteiger charge is -2.22. The van der Waals surface area contributed by atoms with Gasteiger partial charge in [0.05, 0.1) is 19.0 Å². The zero-order chi connectivity index (χ0) is 21.3. The van der Waals surface area contributed by atoms with E-state index in [0.717, 1.165) is 0 Å². The smallest absolute Gasteiger partial charge is 0.326 e. The van der Waals surface area contributed by atoms with E-state index >= 15 is 0 Å². The number of hydrogen-bond donors (Lipinski definition) is 6. The molecule has 0 spiro atoms. The number of amides is 3. The summed E-state index contributed by atoms with van der Waals surface area (Å²) in [6, 6.07) is -3.56. The zero-order valence-electron chi connectivity index (χ0n) is 15.8. The molecule has 3 unspecified atom stereocenters. The highest BCUT2D eigenvalue weighted by Crippen LogP contribution is 2.04. The van der Waals surface area contributed by atoms with Gasteiger partial charge in [-0.25, -0.2) is 4.79 Å². The fourth-order valence-electron chi connectivity index (χ4n) is 1.98. The Morgan fingerprint density at radius 3 is 1.85 bits per heavy atom. The Bertz CT molecular complexity index is 577. The SMILES string of the molecule is CC(C)C(N)C(=O)NCC(=O)NC(CC(=O)O)C(=O)NC(C(=O)O)C(C)C. The third-order valence-electron chi connectivity index (χ3n) is 3.71. The Kier molecular flexibility index (Phi) is 10.0. The Labute approximate surface area is 157 Å². The third-order valence-corrected chi connectivity index (χ3v) is 3.71. The highest BCUT2D eigenvalue weighted by atomic mass is 16.4. The topological polar surface area (TPSA) is 188 Å². The van der Waals surface area contributed by atoms with Crippen molar-refractivity contribution in [1.82, 2.24) is 16.0 Å². The molecule has 0 aromatic rings. The molecule has 3 amide bonds. The first kappa shape index (κ1) is 24.3. The molecule has 0 aromatic carbocycles. The van der Waals surface area contributed by atoms with E-state index < -0.39 is 66.7 Å². The molecular weight excluding hydrogens is 360 g/mol. The van der Waals surface area contributed by atoms with Crippen LogP contribution in [0.1, 0.15) is 34.1 Å². The van der Waals surface area contributed by atoms with E-state index in [1.54, 1.807) is 27.7 Å². The predicted octanol–water partition coefficient (Wildman–Crippen LogP) is -1.73. The maximum Gasteiger partial charge on any atom is 0.326 e. The molecule has 0 bridgehead atoms. The van der Waals surface area contributed by atoms with Crippen molar-refractivity contribution in [3.8, 4) is 0 Å². The van der Waals surface area contributed by atoms with Crippen LogP contribution in [0.25, 0.3) is 0 Å². The molecule has 0 heterocycles. The van der Waals surface area contributed by atoms with Gasteiger partial charge in [0, 0.05) is 0 Å². The summed E-state index contributed by atoms with van der Waals surface area (Å²) < 4.78 is 0. The van der Waals surface area contributed by atoms with Gasteiger partial charge in [0.25, 0.3) is 0 Å². The number of aliphatic carboxylic acids is 2. The first-order valence-corrected chi connectivity index (χ1v) is 8.44. The van der Waals surface area contributed by atoms with Crippen LogP contribution in [-0.2, 0) is 24.0 Å². The van der Waals surface area contributed by atoms with Crippen LogP contribution in [0.4, 0.5) is 0 Å². The molecule has 11 nitrogen and oxygen atoms in total. The Hall–Kier alpha value is -2.69. The molecule has 0 radical (unpaired) electrons. The van der Waals surface area contributed by atoms with Crippen LogP contribution < -0.4 is 21.7 Å². The fraction of sp³-hybridized carbons (Fsp3) is 0.688. The number of rotatable bonds is 11. The van der Waals surface area contributed by atoms with Gasteiger partial charge in [-0.1, -0.05) is 27.7 Å². The monoisotopic (exact) mass is 388 g/mol. The number of carboxylic acid groups (broad SMARTS) is 2. The Balaban J connectivity index is 4.92. The van der Waals surface area contributed by atoms with Crippen molar-refractivity contribution in [1.29, 1.82) is 0 Å². The maximum atomic E-state index is 12.2. The van der Waals surface area contributed by atoms with Gasteiger partial charge in [-0.15, -0.1) is 0 Å². The minimum Gasteiger partial charge on any atom is -0.481 e. The predicted molar refractivity (Wildman–Crippen MR) is 94.4 cm³/mol. The molecule has 0 aliphatic heterocycles. The summed E-state index contributed by atoms with van der Waals surface area (Å²) in [5.74, 6) is -5.57. The van der Waals surface area contributed by atoms with Crippen LogP contribution in [-0.4, -0.2) is 64.5 Å². The summed E-state index contributed by atoms with van der Waals surface area (Å²) in [7, 11) is 0. The second-order valence-electron chi connectivity index (χ2n) is 6.77. The first-order valence-electron chi connectivity index (χ1n) is 8.44. The fourth-order valence-corrected chi connectivity index (χ4v) is 1.98. The summed E-state index contributed by atoms with van der Waals surface area (Å²) >= 11 is 0. The van der Waals surface area contributed by atoms with E-state index in [0.29, 0.717) is 0 Å². The van der Waals surface area contributed by atoms with Crippen molar-refractivity contribution in [2.75, 3.05) is 6.54 Å². The van der Waals surface area contributed by atoms with Crippen LogP contribution in [0.2, 0.25) is 0 Å². The van der Waals surface area contributed by atoms with Gasteiger partial charge < -0.3 is 31.9 Å². The molecule has 7 N–H and O–H groups in total. The number of carbonyl (C=O) groups excluding carboxylic acids is 3. The van der Waals surface area contributed by atoms with Crippen molar-refractivity contribution < 1.29 is 34.2 Å². The molecule has 3 atom stereocenters. The standard InChI is InChI=1S/C16H28N4O7/c1-7(2)12(17)15(25)18-6-10(21)19-9(5-11(22)23)14(24)20-13(8(3)4)16(26)27/h7-9,12-13H,5-6,17H2,1-4H3,(H,18,25)(H,19,21)(H,20,24)(H,22,23)(H,26,27). The second kappa shape index (κ2) is 11.1. The largest absolute Gasteiger partial charge is 0.481 e. The number of hydrogen-bond acceptors (Lipinski definition) is 6. The van der Waals surface area contributed by atoms with Gasteiger partial charge in [-0.05, 0) is 11.8 Å². The molecule has 0 saturated carbocycles. The third kappa shape index (κ3) is 8.99. The molecule has 0 aromatic heterocycles. The number of carbonyl (C=O) groups is 5. The summed E-state index contributed by atoms with van der Waals surface area (Å²) in [5.41, 5.74) is 5.63. The van der Waals surface area contributed by atoms with Crippen molar-refractivity contribution in [3.05, 3.63) is 0 Å². The lowest BCUT2D eigenvalue weighted by Crippen LogP contribution is -2.55. The molecule has 0 rings (SSSR count). The van der Waals surface area contributed by atoms with Crippen molar-refractivity contribution in [2.24, 2.45) is 17.6 Å². The van der Waals surface area contributed by atoms with E-state index in [1.165, 1.54) is 0 Å². The Morgan fingerprint density at radius 1 is 0.889 bits per heavy atom. The van der Waals surface area contributed by atoms with Crippen molar-refractivity contribution in [3.63, 3.8) is 0 Å². The van der Waals surface area contributed by atoms with Gasteiger partial charge >= 0.3 is 11.9 Å².